The number of nitrogens with zero attached hydrogens (tertiary/aromatic N) is 1. The van der Waals surface area contributed by atoms with Crippen LogP contribution in [0.25, 0.3) is 0 Å². The summed E-state index contributed by atoms with van der Waals surface area (Å²) in [6.45, 7) is 0. The highest BCUT2D eigenvalue weighted by atomic mass is 32.1. The molecular formula is C15H12NOPS. The van der Waals surface area contributed by atoms with Crippen molar-refractivity contribution in [3.63, 3.8) is 0 Å². The lowest BCUT2D eigenvalue weighted by Crippen LogP contribution is -2.24. The molecule has 0 N–H and O–H groups in total. The fraction of sp³-hybridized carbons (Fsp3) is 0. The van der Waals surface area contributed by atoms with Crippen LogP contribution in [-0.2, 0) is 4.57 Å². The standard InChI is InChI=1S/C15H12NOPS/c17-18(15-16-11-12-19-15,13-7-3-1-4-8-13)14-9-5-2-6-10-14/h1-12H. The van der Waals surface area contributed by atoms with Gasteiger partial charge in [0, 0.05) is 22.2 Å². The molecule has 3 aromatic rings. The van der Waals surface area contributed by atoms with Crippen LogP contribution in [0.1, 0.15) is 0 Å². The Hall–Kier alpha value is -1.70. The van der Waals surface area contributed by atoms with Gasteiger partial charge < -0.3 is 4.57 Å². The highest BCUT2D eigenvalue weighted by molar-refractivity contribution is 7.88. The molecule has 19 heavy (non-hydrogen) atoms. The lowest BCUT2D eigenvalue weighted by Gasteiger charge is -2.16. The molecule has 0 spiro atoms. The van der Waals surface area contributed by atoms with Crippen LogP contribution in [0.5, 0.6) is 0 Å². The second-order valence-electron chi connectivity index (χ2n) is 4.10. The summed E-state index contributed by atoms with van der Waals surface area (Å²) in [5.74, 6) is 0. The Labute approximate surface area is 116 Å². The zero-order chi connectivity index (χ0) is 13.1. The SMILES string of the molecule is O=P(c1ccccc1)(c1ccccc1)c1nccs1. The van der Waals surface area contributed by atoms with Gasteiger partial charge in [-0.15, -0.1) is 11.3 Å². The lowest BCUT2D eigenvalue weighted by molar-refractivity contribution is 0.592. The fourth-order valence-corrected chi connectivity index (χ4v) is 5.94. The maximum absolute atomic E-state index is 13.6. The van der Waals surface area contributed by atoms with E-state index < -0.39 is 7.14 Å². The number of hydrogen-bond acceptors (Lipinski definition) is 3. The predicted molar refractivity (Wildman–Crippen MR) is 81.5 cm³/mol. The second kappa shape index (κ2) is 5.12. The number of hydrogen-bond donors (Lipinski definition) is 0. The number of benzene rings is 2. The molecule has 0 saturated heterocycles. The van der Waals surface area contributed by atoms with E-state index in [0.29, 0.717) is 4.75 Å². The van der Waals surface area contributed by atoms with Crippen LogP contribution in [-0.4, -0.2) is 4.98 Å². The summed E-state index contributed by atoms with van der Waals surface area (Å²) in [4.78, 5) is 4.30. The van der Waals surface area contributed by atoms with Crippen molar-refractivity contribution in [2.24, 2.45) is 0 Å². The van der Waals surface area contributed by atoms with E-state index in [-0.39, 0.29) is 0 Å². The molecule has 0 atom stereocenters. The second-order valence-corrected chi connectivity index (χ2v) is 7.97. The van der Waals surface area contributed by atoms with Crippen LogP contribution >= 0.6 is 18.5 Å². The van der Waals surface area contributed by atoms with E-state index in [1.54, 1.807) is 6.20 Å². The van der Waals surface area contributed by atoms with Crippen molar-refractivity contribution >= 4 is 33.8 Å². The van der Waals surface area contributed by atoms with Gasteiger partial charge in [-0.3, -0.25) is 0 Å². The summed E-state index contributed by atoms with van der Waals surface area (Å²) < 4.78 is 14.3. The summed E-state index contributed by atoms with van der Waals surface area (Å²) in [5.41, 5.74) is 0. The molecule has 0 radical (unpaired) electrons. The van der Waals surface area contributed by atoms with Crippen LogP contribution in [0.3, 0.4) is 0 Å². The normalized spacial score (nSPS) is 11.4. The first kappa shape index (κ1) is 12.3. The number of rotatable bonds is 3. The molecule has 0 unspecified atom stereocenters. The smallest absolute Gasteiger partial charge is 0.198 e. The average molecular weight is 285 g/mol. The van der Waals surface area contributed by atoms with Gasteiger partial charge in [0.2, 0.25) is 0 Å². The molecule has 0 amide bonds. The van der Waals surface area contributed by atoms with Crippen LogP contribution in [0.4, 0.5) is 0 Å². The number of thiazole rings is 1. The largest absolute Gasteiger partial charge is 0.306 e. The fourth-order valence-electron chi connectivity index (χ4n) is 2.02. The van der Waals surface area contributed by atoms with E-state index in [1.807, 2.05) is 66.0 Å². The van der Waals surface area contributed by atoms with Crippen LogP contribution < -0.4 is 15.4 Å². The third kappa shape index (κ3) is 2.16. The molecule has 2 nitrogen and oxygen atoms in total. The minimum atomic E-state index is -2.82. The van der Waals surface area contributed by atoms with Crippen molar-refractivity contribution in [2.75, 3.05) is 0 Å². The van der Waals surface area contributed by atoms with Gasteiger partial charge in [0.25, 0.3) is 0 Å². The van der Waals surface area contributed by atoms with Crippen molar-refractivity contribution in [3.8, 4) is 0 Å². The molecule has 1 aromatic heterocycles. The molecule has 3 rings (SSSR count). The first-order valence-corrected chi connectivity index (χ1v) is 8.52. The highest BCUT2D eigenvalue weighted by Crippen LogP contribution is 2.42. The summed E-state index contributed by atoms with van der Waals surface area (Å²) in [6.07, 6.45) is 1.71. The minimum Gasteiger partial charge on any atom is -0.306 e. The predicted octanol–water partition coefficient (Wildman–Crippen LogP) is 2.78. The Morgan fingerprint density at radius 1 is 0.842 bits per heavy atom. The van der Waals surface area contributed by atoms with Crippen LogP contribution in [0, 0.1) is 0 Å². The lowest BCUT2D eigenvalue weighted by atomic mass is 10.4. The average Bonchev–Trinajstić information content (AvgIpc) is 3.03. The first-order valence-electron chi connectivity index (χ1n) is 5.93. The monoisotopic (exact) mass is 285 g/mol. The van der Waals surface area contributed by atoms with Gasteiger partial charge >= 0.3 is 0 Å². The molecule has 94 valence electrons. The molecule has 2 aromatic carbocycles. The Bertz CT molecular complexity index is 652. The molecule has 0 aliphatic carbocycles. The number of aromatic nitrogens is 1. The van der Waals surface area contributed by atoms with Gasteiger partial charge in [0.05, 0.1) is 0 Å². The quantitative estimate of drug-likeness (QED) is 0.693. The third-order valence-corrected chi connectivity index (χ3v) is 7.29. The summed E-state index contributed by atoms with van der Waals surface area (Å²) in [6, 6.07) is 19.2. The van der Waals surface area contributed by atoms with Crippen LogP contribution in [0.2, 0.25) is 0 Å². The van der Waals surface area contributed by atoms with Gasteiger partial charge in [0.1, 0.15) is 0 Å². The van der Waals surface area contributed by atoms with Crippen LogP contribution in [0.15, 0.2) is 72.2 Å². The molecule has 0 bridgehead atoms. The summed E-state index contributed by atoms with van der Waals surface area (Å²) in [7, 11) is -2.82. The van der Waals surface area contributed by atoms with Crippen molar-refractivity contribution in [2.45, 2.75) is 0 Å². The molecule has 0 aliphatic rings. The first-order chi connectivity index (χ1) is 9.32. The van der Waals surface area contributed by atoms with E-state index in [2.05, 4.69) is 4.98 Å². The van der Waals surface area contributed by atoms with Gasteiger partial charge in [-0.1, -0.05) is 60.7 Å². The molecular weight excluding hydrogens is 273 g/mol. The van der Waals surface area contributed by atoms with Crippen molar-refractivity contribution in [1.29, 1.82) is 0 Å². The minimum absolute atomic E-state index is 0.685. The molecule has 0 fully saturated rings. The van der Waals surface area contributed by atoms with Crippen molar-refractivity contribution < 1.29 is 4.57 Å². The van der Waals surface area contributed by atoms with Crippen molar-refractivity contribution in [3.05, 3.63) is 72.2 Å². The molecule has 0 saturated carbocycles. The zero-order valence-electron chi connectivity index (χ0n) is 10.1. The Morgan fingerprint density at radius 3 is 1.79 bits per heavy atom. The molecule has 0 aliphatic heterocycles. The Balaban J connectivity index is 2.26. The van der Waals surface area contributed by atoms with E-state index in [0.717, 1.165) is 10.6 Å². The maximum Gasteiger partial charge on any atom is 0.198 e. The third-order valence-electron chi connectivity index (χ3n) is 2.93. The van der Waals surface area contributed by atoms with E-state index in [9.17, 15) is 4.57 Å². The van der Waals surface area contributed by atoms with E-state index in [1.165, 1.54) is 11.3 Å². The Kier molecular flexibility index (Phi) is 3.33. The van der Waals surface area contributed by atoms with Gasteiger partial charge in [-0.05, 0) is 0 Å². The van der Waals surface area contributed by atoms with E-state index in [4.69, 9.17) is 0 Å². The topological polar surface area (TPSA) is 30.0 Å². The van der Waals surface area contributed by atoms with Gasteiger partial charge in [-0.2, -0.15) is 0 Å². The Morgan fingerprint density at radius 2 is 1.37 bits per heavy atom. The van der Waals surface area contributed by atoms with Crippen molar-refractivity contribution in [1.82, 2.24) is 4.98 Å². The van der Waals surface area contributed by atoms with Gasteiger partial charge in [-0.25, -0.2) is 4.98 Å². The maximum atomic E-state index is 13.6. The zero-order valence-corrected chi connectivity index (χ0v) is 11.9. The van der Waals surface area contributed by atoms with Gasteiger partial charge in [0.15, 0.2) is 11.9 Å². The summed E-state index contributed by atoms with van der Waals surface area (Å²) >= 11 is 1.45. The molecule has 4 heteroatoms. The highest BCUT2D eigenvalue weighted by Gasteiger charge is 2.31. The summed E-state index contributed by atoms with van der Waals surface area (Å²) in [5, 5.41) is 3.53. The van der Waals surface area contributed by atoms with E-state index >= 15 is 0 Å². The molecule has 1 heterocycles.